The van der Waals surface area contributed by atoms with Gasteiger partial charge in [0, 0.05) is 38.3 Å². The summed E-state index contributed by atoms with van der Waals surface area (Å²) in [4.78, 5) is 20.7. The molecule has 2 heterocycles. The van der Waals surface area contributed by atoms with Gasteiger partial charge < -0.3 is 10.3 Å². The molecule has 0 aromatic carbocycles. The van der Waals surface area contributed by atoms with Crippen molar-refractivity contribution in [3.63, 3.8) is 0 Å². The first-order chi connectivity index (χ1) is 9.99. The third-order valence-corrected chi connectivity index (χ3v) is 3.67. The standard InChI is InChI=1S/C14H22ClN5O/c1-10(2)9-19-3-5-20(6-4-19)14(21)11-7-12(15)17-13(8-11)18-16/h7-8,10H,3-6,9,16H2,1-2H3,(H,17,18). The molecule has 0 unspecified atom stereocenters. The van der Waals surface area contributed by atoms with Crippen molar-refractivity contribution in [1.29, 1.82) is 0 Å². The second-order valence-corrected chi connectivity index (χ2v) is 6.08. The van der Waals surface area contributed by atoms with Crippen molar-refractivity contribution in [2.75, 3.05) is 38.1 Å². The van der Waals surface area contributed by atoms with Crippen LogP contribution in [0.5, 0.6) is 0 Å². The molecule has 21 heavy (non-hydrogen) atoms. The summed E-state index contributed by atoms with van der Waals surface area (Å²) >= 11 is 5.91. The second kappa shape index (κ2) is 7.06. The fourth-order valence-corrected chi connectivity index (χ4v) is 2.74. The van der Waals surface area contributed by atoms with E-state index >= 15 is 0 Å². The molecule has 0 radical (unpaired) electrons. The van der Waals surface area contributed by atoms with Crippen LogP contribution >= 0.6 is 11.6 Å². The largest absolute Gasteiger partial charge is 0.336 e. The molecule has 0 aliphatic carbocycles. The number of hydrogen-bond acceptors (Lipinski definition) is 5. The Morgan fingerprint density at radius 1 is 1.38 bits per heavy atom. The minimum atomic E-state index is -0.0278. The number of nitrogens with two attached hydrogens (primary N) is 1. The Bertz CT molecular complexity index is 500. The number of hydrogen-bond donors (Lipinski definition) is 2. The summed E-state index contributed by atoms with van der Waals surface area (Å²) in [6.07, 6.45) is 0. The van der Waals surface area contributed by atoms with Crippen LogP contribution < -0.4 is 11.3 Å². The Labute approximate surface area is 130 Å². The van der Waals surface area contributed by atoms with Crippen LogP contribution in [-0.2, 0) is 0 Å². The van der Waals surface area contributed by atoms with Gasteiger partial charge in [-0.1, -0.05) is 25.4 Å². The Hall–Kier alpha value is -1.37. The van der Waals surface area contributed by atoms with Crippen molar-refractivity contribution < 1.29 is 4.79 Å². The quantitative estimate of drug-likeness (QED) is 0.500. The van der Waals surface area contributed by atoms with Gasteiger partial charge in [-0.3, -0.25) is 9.69 Å². The van der Waals surface area contributed by atoms with Crippen molar-refractivity contribution in [3.8, 4) is 0 Å². The smallest absolute Gasteiger partial charge is 0.254 e. The predicted molar refractivity (Wildman–Crippen MR) is 84.2 cm³/mol. The molecule has 0 saturated carbocycles. The molecule has 1 aliphatic rings. The fourth-order valence-electron chi connectivity index (χ4n) is 2.53. The average Bonchev–Trinajstić information content (AvgIpc) is 2.46. The highest BCUT2D eigenvalue weighted by molar-refractivity contribution is 6.29. The van der Waals surface area contributed by atoms with E-state index in [9.17, 15) is 4.79 Å². The maximum absolute atomic E-state index is 12.5. The van der Waals surface area contributed by atoms with Crippen molar-refractivity contribution in [1.82, 2.24) is 14.8 Å². The van der Waals surface area contributed by atoms with Gasteiger partial charge >= 0.3 is 0 Å². The van der Waals surface area contributed by atoms with Crippen LogP contribution in [-0.4, -0.2) is 53.4 Å². The van der Waals surface area contributed by atoms with Crippen LogP contribution in [0.25, 0.3) is 0 Å². The van der Waals surface area contributed by atoms with Crippen LogP contribution in [0.2, 0.25) is 5.15 Å². The van der Waals surface area contributed by atoms with Gasteiger partial charge in [0.1, 0.15) is 11.0 Å². The molecule has 1 aromatic rings. The third-order valence-electron chi connectivity index (χ3n) is 3.47. The zero-order valence-corrected chi connectivity index (χ0v) is 13.2. The number of aromatic nitrogens is 1. The SMILES string of the molecule is CC(C)CN1CCN(C(=O)c2cc(Cl)nc(NN)c2)CC1. The number of anilines is 1. The molecule has 7 heteroatoms. The van der Waals surface area contributed by atoms with Crippen LogP contribution in [0.3, 0.4) is 0 Å². The monoisotopic (exact) mass is 311 g/mol. The first-order valence-corrected chi connectivity index (χ1v) is 7.53. The molecule has 116 valence electrons. The van der Waals surface area contributed by atoms with Crippen molar-refractivity contribution in [3.05, 3.63) is 22.8 Å². The Morgan fingerprint density at radius 3 is 2.62 bits per heavy atom. The number of amides is 1. The van der Waals surface area contributed by atoms with Gasteiger partial charge in [0.25, 0.3) is 5.91 Å². The van der Waals surface area contributed by atoms with Crippen LogP contribution in [0.4, 0.5) is 5.82 Å². The number of halogens is 1. The van der Waals surface area contributed by atoms with Gasteiger partial charge in [0.05, 0.1) is 0 Å². The summed E-state index contributed by atoms with van der Waals surface area (Å²) in [6.45, 7) is 8.77. The molecule has 1 fully saturated rings. The number of hydrazine groups is 1. The lowest BCUT2D eigenvalue weighted by Gasteiger charge is -2.35. The predicted octanol–water partition coefficient (Wildman–Crippen LogP) is 1.43. The Kier molecular flexibility index (Phi) is 5.39. The summed E-state index contributed by atoms with van der Waals surface area (Å²) in [7, 11) is 0. The first kappa shape index (κ1) is 16.0. The number of piperazine rings is 1. The van der Waals surface area contributed by atoms with Gasteiger partial charge in [-0.05, 0) is 18.1 Å². The maximum Gasteiger partial charge on any atom is 0.254 e. The van der Waals surface area contributed by atoms with Crippen molar-refractivity contribution >= 4 is 23.3 Å². The van der Waals surface area contributed by atoms with E-state index in [0.29, 0.717) is 17.3 Å². The summed E-state index contributed by atoms with van der Waals surface area (Å²) < 4.78 is 0. The van der Waals surface area contributed by atoms with E-state index in [0.717, 1.165) is 32.7 Å². The molecule has 3 N–H and O–H groups in total. The van der Waals surface area contributed by atoms with E-state index in [2.05, 4.69) is 29.2 Å². The second-order valence-electron chi connectivity index (χ2n) is 5.69. The molecular formula is C14H22ClN5O. The average molecular weight is 312 g/mol. The molecule has 0 atom stereocenters. The summed E-state index contributed by atoms with van der Waals surface area (Å²) in [6, 6.07) is 3.19. The molecular weight excluding hydrogens is 290 g/mol. The molecule has 0 spiro atoms. The number of nitrogens with one attached hydrogen (secondary N) is 1. The highest BCUT2D eigenvalue weighted by atomic mass is 35.5. The summed E-state index contributed by atoms with van der Waals surface area (Å²) in [5.74, 6) is 6.34. The maximum atomic E-state index is 12.5. The first-order valence-electron chi connectivity index (χ1n) is 7.15. The van der Waals surface area contributed by atoms with E-state index in [1.807, 2.05) is 4.90 Å². The normalized spacial score (nSPS) is 16.3. The lowest BCUT2D eigenvalue weighted by molar-refractivity contribution is 0.0624. The van der Waals surface area contributed by atoms with E-state index in [1.54, 1.807) is 12.1 Å². The summed E-state index contributed by atoms with van der Waals surface area (Å²) in [5, 5.41) is 0.257. The third kappa shape index (κ3) is 4.30. The van der Waals surface area contributed by atoms with Gasteiger partial charge in [-0.15, -0.1) is 0 Å². The Balaban J connectivity index is 2.00. The minimum Gasteiger partial charge on any atom is -0.336 e. The van der Waals surface area contributed by atoms with Gasteiger partial charge in [-0.25, -0.2) is 10.8 Å². The molecule has 6 nitrogen and oxygen atoms in total. The number of carbonyl (C=O) groups excluding carboxylic acids is 1. The number of rotatable bonds is 4. The van der Waals surface area contributed by atoms with Gasteiger partial charge in [-0.2, -0.15) is 0 Å². The highest BCUT2D eigenvalue weighted by Gasteiger charge is 2.23. The van der Waals surface area contributed by atoms with Crippen molar-refractivity contribution in [2.45, 2.75) is 13.8 Å². The zero-order valence-electron chi connectivity index (χ0n) is 12.5. The fraction of sp³-hybridized carbons (Fsp3) is 0.571. The molecule has 1 saturated heterocycles. The number of pyridine rings is 1. The number of carbonyl (C=O) groups is 1. The minimum absolute atomic E-state index is 0.0278. The topological polar surface area (TPSA) is 74.5 Å². The van der Waals surface area contributed by atoms with Crippen LogP contribution in [0.1, 0.15) is 24.2 Å². The van der Waals surface area contributed by atoms with Crippen LogP contribution in [0, 0.1) is 5.92 Å². The van der Waals surface area contributed by atoms with Gasteiger partial charge in [0.2, 0.25) is 0 Å². The number of nitrogen functional groups attached to an aromatic ring is 1. The molecule has 1 aliphatic heterocycles. The number of nitrogens with zero attached hydrogens (tertiary/aromatic N) is 3. The molecule has 0 bridgehead atoms. The summed E-state index contributed by atoms with van der Waals surface area (Å²) in [5.41, 5.74) is 2.93. The zero-order chi connectivity index (χ0) is 15.4. The molecule has 1 aromatic heterocycles. The van der Waals surface area contributed by atoms with E-state index in [-0.39, 0.29) is 11.1 Å². The van der Waals surface area contributed by atoms with Gasteiger partial charge in [0.15, 0.2) is 0 Å². The molecule has 1 amide bonds. The Morgan fingerprint density at radius 2 is 2.05 bits per heavy atom. The van der Waals surface area contributed by atoms with E-state index in [4.69, 9.17) is 17.4 Å². The highest BCUT2D eigenvalue weighted by Crippen LogP contribution is 2.17. The van der Waals surface area contributed by atoms with Crippen LogP contribution in [0.15, 0.2) is 12.1 Å². The molecule has 2 rings (SSSR count). The lowest BCUT2D eigenvalue weighted by Crippen LogP contribution is -2.49. The van der Waals surface area contributed by atoms with Crippen molar-refractivity contribution in [2.24, 2.45) is 11.8 Å². The van der Waals surface area contributed by atoms with E-state index in [1.165, 1.54) is 0 Å². The lowest BCUT2D eigenvalue weighted by atomic mass is 10.1. The van der Waals surface area contributed by atoms with E-state index < -0.39 is 0 Å².